The van der Waals surface area contributed by atoms with Gasteiger partial charge < -0.3 is 5.32 Å². The maximum absolute atomic E-state index is 5.17. The molecule has 2 N–H and O–H groups in total. The number of rotatable bonds is 3. The van der Waals surface area contributed by atoms with Crippen LogP contribution >= 0.6 is 23.8 Å². The molecule has 0 amide bonds. The molecule has 98 valence electrons. The van der Waals surface area contributed by atoms with Gasteiger partial charge in [0.25, 0.3) is 0 Å². The van der Waals surface area contributed by atoms with E-state index in [1.807, 2.05) is 24.4 Å². The topological polar surface area (TPSA) is 49.3 Å². The lowest BCUT2D eigenvalue weighted by Gasteiger charge is -2.10. The summed E-state index contributed by atoms with van der Waals surface area (Å²) in [6.07, 6.45) is 3.43. The molecule has 19 heavy (non-hydrogen) atoms. The molecule has 1 aromatic carbocycles. The smallest absolute Gasteiger partial charge is 0.191 e. The molecule has 2 aromatic rings. The van der Waals surface area contributed by atoms with Crippen LogP contribution in [0.3, 0.4) is 0 Å². The summed E-state index contributed by atoms with van der Waals surface area (Å²) in [7, 11) is 0. The number of hydrogen-bond acceptors (Lipinski definition) is 4. The van der Waals surface area contributed by atoms with Crippen molar-refractivity contribution in [2.75, 3.05) is 5.32 Å². The summed E-state index contributed by atoms with van der Waals surface area (Å²) in [5.74, 6) is 0. The Bertz CT molecular complexity index is 591. The fourth-order valence-electron chi connectivity index (χ4n) is 1.55. The van der Waals surface area contributed by atoms with Gasteiger partial charge in [-0.25, -0.2) is 4.37 Å². The van der Waals surface area contributed by atoms with Crippen LogP contribution in [0.25, 0.3) is 0 Å². The van der Waals surface area contributed by atoms with Crippen molar-refractivity contribution in [3.8, 4) is 0 Å². The van der Waals surface area contributed by atoms with Crippen molar-refractivity contribution >= 4 is 40.8 Å². The minimum atomic E-state index is 0.464. The monoisotopic (exact) mass is 290 g/mol. The van der Waals surface area contributed by atoms with Crippen molar-refractivity contribution in [3.63, 3.8) is 0 Å². The molecule has 2 rings (SSSR count). The molecular formula is C13H14N4S2. The first-order valence-corrected chi connectivity index (χ1v) is 6.96. The van der Waals surface area contributed by atoms with E-state index >= 15 is 0 Å². The van der Waals surface area contributed by atoms with Crippen molar-refractivity contribution in [2.45, 2.75) is 13.8 Å². The molecule has 1 aromatic heterocycles. The zero-order valence-electron chi connectivity index (χ0n) is 10.7. The van der Waals surface area contributed by atoms with Crippen LogP contribution in [0, 0.1) is 13.8 Å². The molecule has 0 aliphatic rings. The van der Waals surface area contributed by atoms with Gasteiger partial charge in [-0.05, 0) is 49.2 Å². The maximum atomic E-state index is 5.17. The third-order valence-electron chi connectivity index (χ3n) is 2.46. The largest absolute Gasteiger partial charge is 0.331 e. The van der Waals surface area contributed by atoms with Crippen LogP contribution in [-0.2, 0) is 0 Å². The third kappa shape index (κ3) is 4.11. The average Bonchev–Trinajstić information content (AvgIpc) is 2.86. The number of anilines is 1. The van der Waals surface area contributed by atoms with Crippen LogP contribution in [0.2, 0.25) is 0 Å². The Kier molecular flexibility index (Phi) is 4.59. The second kappa shape index (κ2) is 6.40. The number of nitrogens with zero attached hydrogens (tertiary/aromatic N) is 2. The molecule has 0 bridgehead atoms. The lowest BCUT2D eigenvalue weighted by Crippen LogP contribution is -2.24. The predicted molar refractivity (Wildman–Crippen MR) is 85.0 cm³/mol. The number of hydrogen-bond donors (Lipinski definition) is 2. The van der Waals surface area contributed by atoms with Crippen LogP contribution < -0.4 is 10.7 Å². The number of benzene rings is 1. The number of nitrogens with one attached hydrogen (secondary N) is 2. The van der Waals surface area contributed by atoms with Crippen molar-refractivity contribution in [1.29, 1.82) is 0 Å². The summed E-state index contributed by atoms with van der Waals surface area (Å²) in [6, 6.07) is 6.15. The number of aryl methyl sites for hydroxylation is 2. The molecule has 0 aliphatic carbocycles. The van der Waals surface area contributed by atoms with Crippen LogP contribution in [0.4, 0.5) is 5.69 Å². The molecule has 0 saturated carbocycles. The summed E-state index contributed by atoms with van der Waals surface area (Å²) < 4.78 is 3.98. The van der Waals surface area contributed by atoms with E-state index in [0.29, 0.717) is 5.11 Å². The fourth-order valence-corrected chi connectivity index (χ4v) is 2.20. The van der Waals surface area contributed by atoms with Gasteiger partial charge in [0.15, 0.2) is 5.11 Å². The van der Waals surface area contributed by atoms with Gasteiger partial charge in [-0.15, -0.1) is 0 Å². The molecule has 0 spiro atoms. The minimum Gasteiger partial charge on any atom is -0.331 e. The van der Waals surface area contributed by atoms with E-state index in [1.54, 1.807) is 12.4 Å². The van der Waals surface area contributed by atoms with Gasteiger partial charge in [0.05, 0.1) is 6.21 Å². The van der Waals surface area contributed by atoms with Crippen LogP contribution in [-0.4, -0.2) is 15.7 Å². The van der Waals surface area contributed by atoms with Gasteiger partial charge in [-0.2, -0.15) is 5.10 Å². The van der Waals surface area contributed by atoms with Crippen molar-refractivity contribution < 1.29 is 0 Å². The summed E-state index contributed by atoms with van der Waals surface area (Å²) in [5, 5.41) is 9.53. The Morgan fingerprint density at radius 3 is 2.95 bits per heavy atom. The quantitative estimate of drug-likeness (QED) is 0.518. The van der Waals surface area contributed by atoms with Gasteiger partial charge in [-0.1, -0.05) is 17.7 Å². The van der Waals surface area contributed by atoms with Gasteiger partial charge in [-0.3, -0.25) is 5.43 Å². The fraction of sp³-hybridized carbons (Fsp3) is 0.154. The first-order chi connectivity index (χ1) is 9.15. The van der Waals surface area contributed by atoms with E-state index in [1.165, 1.54) is 17.1 Å². The Balaban J connectivity index is 1.91. The summed E-state index contributed by atoms with van der Waals surface area (Å²) in [4.78, 5) is 0. The Morgan fingerprint density at radius 1 is 1.42 bits per heavy atom. The zero-order chi connectivity index (χ0) is 13.7. The Morgan fingerprint density at radius 2 is 2.26 bits per heavy atom. The van der Waals surface area contributed by atoms with Crippen LogP contribution in [0.1, 0.15) is 16.7 Å². The Labute approximate surface area is 121 Å². The lowest BCUT2D eigenvalue weighted by molar-refractivity contribution is 1.05. The molecule has 0 fully saturated rings. The molecule has 0 aliphatic heterocycles. The number of hydrazone groups is 1. The predicted octanol–water partition coefficient (Wildman–Crippen LogP) is 3.08. The normalized spacial score (nSPS) is 10.6. The Hall–Kier alpha value is -1.79. The van der Waals surface area contributed by atoms with Gasteiger partial charge in [0, 0.05) is 22.8 Å². The van der Waals surface area contributed by atoms with Crippen LogP contribution in [0.5, 0.6) is 0 Å². The van der Waals surface area contributed by atoms with Gasteiger partial charge >= 0.3 is 0 Å². The van der Waals surface area contributed by atoms with Crippen molar-refractivity contribution in [2.24, 2.45) is 5.10 Å². The van der Waals surface area contributed by atoms with E-state index in [0.717, 1.165) is 16.8 Å². The van der Waals surface area contributed by atoms with Crippen molar-refractivity contribution in [3.05, 3.63) is 46.5 Å². The van der Waals surface area contributed by atoms with Gasteiger partial charge in [0.1, 0.15) is 0 Å². The highest BCUT2D eigenvalue weighted by atomic mass is 32.1. The van der Waals surface area contributed by atoms with E-state index < -0.39 is 0 Å². The van der Waals surface area contributed by atoms with Crippen molar-refractivity contribution in [1.82, 2.24) is 9.80 Å². The van der Waals surface area contributed by atoms with E-state index in [9.17, 15) is 0 Å². The highest BCUT2D eigenvalue weighted by molar-refractivity contribution is 7.80. The molecule has 6 heteroatoms. The molecule has 4 nitrogen and oxygen atoms in total. The number of thiocarbonyl (C=S) groups is 1. The zero-order valence-corrected chi connectivity index (χ0v) is 12.3. The lowest BCUT2D eigenvalue weighted by atomic mass is 10.1. The molecular weight excluding hydrogens is 276 g/mol. The molecule has 0 unspecified atom stereocenters. The highest BCUT2D eigenvalue weighted by Crippen LogP contribution is 2.15. The van der Waals surface area contributed by atoms with E-state index in [-0.39, 0.29) is 0 Å². The molecule has 0 saturated heterocycles. The van der Waals surface area contributed by atoms with E-state index in [4.69, 9.17) is 12.2 Å². The maximum Gasteiger partial charge on any atom is 0.191 e. The highest BCUT2D eigenvalue weighted by Gasteiger charge is 2.00. The van der Waals surface area contributed by atoms with E-state index in [2.05, 4.69) is 33.2 Å². The summed E-state index contributed by atoms with van der Waals surface area (Å²) in [5.41, 5.74) is 7.09. The second-order valence-corrected chi connectivity index (χ2v) is 5.17. The molecule has 0 radical (unpaired) electrons. The third-order valence-corrected chi connectivity index (χ3v) is 3.26. The summed E-state index contributed by atoms with van der Waals surface area (Å²) >= 11 is 6.56. The van der Waals surface area contributed by atoms with Crippen LogP contribution in [0.15, 0.2) is 34.9 Å². The minimum absolute atomic E-state index is 0.464. The SMILES string of the molecule is Cc1ccc(NC(=S)N/N=C/c2cnsc2)c(C)c1. The van der Waals surface area contributed by atoms with Gasteiger partial charge in [0.2, 0.25) is 0 Å². The average molecular weight is 290 g/mol. The molecule has 1 heterocycles. The first kappa shape index (κ1) is 13.6. The number of aromatic nitrogens is 1. The second-order valence-electron chi connectivity index (χ2n) is 4.10. The summed E-state index contributed by atoms with van der Waals surface area (Å²) in [6.45, 7) is 4.10. The standard InChI is InChI=1S/C13H14N4S2/c1-9-3-4-12(10(2)5-9)16-13(18)17-14-6-11-7-15-19-8-11/h3-8H,1-2H3,(H2,16,17,18)/b14-6+. The first-order valence-electron chi connectivity index (χ1n) is 5.72. The molecule has 0 atom stereocenters.